The maximum atomic E-state index is 10.2. The third kappa shape index (κ3) is 2.48. The van der Waals surface area contributed by atoms with E-state index < -0.39 is 18.0 Å². The average molecular weight is 146 g/mol. The van der Waals surface area contributed by atoms with Gasteiger partial charge < -0.3 is 9.84 Å². The lowest BCUT2D eigenvalue weighted by Gasteiger charge is -2.12. The molecule has 0 spiro atoms. The van der Waals surface area contributed by atoms with Crippen LogP contribution >= 0.6 is 0 Å². The Morgan fingerprint density at radius 1 is 1.60 bits per heavy atom. The van der Waals surface area contributed by atoms with Crippen molar-refractivity contribution in [3.05, 3.63) is 0 Å². The number of aliphatic carboxylic acids is 1. The molecule has 0 aliphatic heterocycles. The van der Waals surface area contributed by atoms with Crippen molar-refractivity contribution in [3.63, 3.8) is 0 Å². The largest absolute Gasteiger partial charge is 0.481 e. The topological polar surface area (TPSA) is 63.6 Å². The van der Waals surface area contributed by atoms with Crippen molar-refractivity contribution in [1.82, 2.24) is 0 Å². The minimum absolute atomic E-state index is 0.254. The van der Waals surface area contributed by atoms with E-state index in [0.717, 1.165) is 0 Å². The third-order valence-corrected chi connectivity index (χ3v) is 1.36. The van der Waals surface area contributed by atoms with Crippen LogP contribution in [-0.4, -0.2) is 23.7 Å². The van der Waals surface area contributed by atoms with Crippen molar-refractivity contribution in [2.75, 3.05) is 0 Å². The molecule has 58 valence electrons. The summed E-state index contributed by atoms with van der Waals surface area (Å²) < 4.78 is 4.40. The van der Waals surface area contributed by atoms with Gasteiger partial charge in [-0.25, -0.2) is 0 Å². The molecule has 0 aromatic carbocycles. The van der Waals surface area contributed by atoms with Gasteiger partial charge in [-0.05, 0) is 13.8 Å². The highest BCUT2D eigenvalue weighted by atomic mass is 16.5. The van der Waals surface area contributed by atoms with E-state index in [-0.39, 0.29) is 6.47 Å². The van der Waals surface area contributed by atoms with Gasteiger partial charge in [0.2, 0.25) is 0 Å². The first-order valence-corrected chi connectivity index (χ1v) is 2.91. The van der Waals surface area contributed by atoms with E-state index >= 15 is 0 Å². The van der Waals surface area contributed by atoms with Crippen molar-refractivity contribution < 1.29 is 19.4 Å². The predicted molar refractivity (Wildman–Crippen MR) is 33.4 cm³/mol. The molecule has 0 aromatic heterocycles. The molecule has 0 aliphatic rings. The van der Waals surface area contributed by atoms with Gasteiger partial charge >= 0.3 is 5.97 Å². The maximum Gasteiger partial charge on any atom is 0.309 e. The molecule has 0 heterocycles. The van der Waals surface area contributed by atoms with Gasteiger partial charge in [-0.1, -0.05) is 0 Å². The molecule has 0 saturated heterocycles. The van der Waals surface area contributed by atoms with Gasteiger partial charge in [0.05, 0.1) is 5.92 Å². The van der Waals surface area contributed by atoms with Crippen LogP contribution in [0.15, 0.2) is 0 Å². The van der Waals surface area contributed by atoms with Gasteiger partial charge in [0.15, 0.2) is 0 Å². The van der Waals surface area contributed by atoms with Crippen molar-refractivity contribution in [2.24, 2.45) is 5.92 Å². The standard InChI is InChI=1S/C6H10O4/c1-4(6(8)9)5(2)10-3-7/h3-5H,1-2H3,(H,8,9)/t4-,5+/m1/s1. The van der Waals surface area contributed by atoms with Crippen LogP contribution < -0.4 is 0 Å². The Bertz CT molecular complexity index is 132. The number of ether oxygens (including phenoxy) is 1. The normalized spacial score (nSPS) is 15.4. The van der Waals surface area contributed by atoms with Crippen molar-refractivity contribution in [2.45, 2.75) is 20.0 Å². The number of hydrogen-bond donors (Lipinski definition) is 1. The zero-order valence-electron chi connectivity index (χ0n) is 5.90. The van der Waals surface area contributed by atoms with E-state index in [1.807, 2.05) is 0 Å². The number of carbonyl (C=O) groups excluding carboxylic acids is 1. The molecule has 0 aliphatic carbocycles. The lowest BCUT2D eigenvalue weighted by atomic mass is 10.1. The molecule has 0 amide bonds. The van der Waals surface area contributed by atoms with Crippen LogP contribution in [0, 0.1) is 5.92 Å². The minimum Gasteiger partial charge on any atom is -0.481 e. The first-order chi connectivity index (χ1) is 4.59. The molecule has 0 aromatic rings. The highest BCUT2D eigenvalue weighted by Crippen LogP contribution is 2.04. The molecule has 0 unspecified atom stereocenters. The summed E-state index contributed by atoms with van der Waals surface area (Å²) in [5.41, 5.74) is 0. The predicted octanol–water partition coefficient (Wildman–Crippen LogP) is 0.269. The lowest BCUT2D eigenvalue weighted by Crippen LogP contribution is -2.24. The monoisotopic (exact) mass is 146 g/mol. The molecule has 10 heavy (non-hydrogen) atoms. The molecule has 2 atom stereocenters. The number of rotatable bonds is 4. The minimum atomic E-state index is -0.964. The Labute approximate surface area is 58.8 Å². The van der Waals surface area contributed by atoms with Crippen LogP contribution in [0.1, 0.15) is 13.8 Å². The molecule has 1 N–H and O–H groups in total. The second kappa shape index (κ2) is 3.87. The molecule has 4 nitrogen and oxygen atoms in total. The molecule has 0 radical (unpaired) electrons. The SMILES string of the molecule is C[C@H](OC=O)[C@@H](C)C(=O)O. The van der Waals surface area contributed by atoms with E-state index in [0.29, 0.717) is 0 Å². The van der Waals surface area contributed by atoms with Gasteiger partial charge in [-0.15, -0.1) is 0 Å². The summed E-state index contributed by atoms with van der Waals surface area (Å²) in [6.45, 7) is 3.27. The first-order valence-electron chi connectivity index (χ1n) is 2.91. The molecule has 0 saturated carbocycles. The van der Waals surface area contributed by atoms with Crippen LogP contribution in [0.3, 0.4) is 0 Å². The van der Waals surface area contributed by atoms with Gasteiger partial charge in [0.25, 0.3) is 6.47 Å². The molecule has 4 heteroatoms. The Morgan fingerprint density at radius 3 is 2.40 bits per heavy atom. The van der Waals surface area contributed by atoms with Crippen LogP contribution in [0.4, 0.5) is 0 Å². The van der Waals surface area contributed by atoms with Crippen LogP contribution in [0.5, 0.6) is 0 Å². The highest BCUT2D eigenvalue weighted by molar-refractivity contribution is 5.70. The first kappa shape index (κ1) is 8.94. The molecule has 0 bridgehead atoms. The zero-order chi connectivity index (χ0) is 8.15. The summed E-state index contributed by atoms with van der Waals surface area (Å²) in [5, 5.41) is 8.38. The quantitative estimate of drug-likeness (QED) is 0.578. The van der Waals surface area contributed by atoms with Crippen LogP contribution in [0.2, 0.25) is 0 Å². The second-order valence-corrected chi connectivity index (χ2v) is 2.06. The zero-order valence-corrected chi connectivity index (χ0v) is 5.90. The van der Waals surface area contributed by atoms with Gasteiger partial charge in [0, 0.05) is 0 Å². The Morgan fingerprint density at radius 2 is 2.10 bits per heavy atom. The second-order valence-electron chi connectivity index (χ2n) is 2.06. The fourth-order valence-corrected chi connectivity index (χ4v) is 0.406. The van der Waals surface area contributed by atoms with E-state index in [2.05, 4.69) is 4.74 Å². The molecular formula is C6H10O4. The van der Waals surface area contributed by atoms with Crippen molar-refractivity contribution in [3.8, 4) is 0 Å². The third-order valence-electron chi connectivity index (χ3n) is 1.36. The number of hydrogen-bond acceptors (Lipinski definition) is 3. The van der Waals surface area contributed by atoms with E-state index in [1.54, 1.807) is 0 Å². The summed E-state index contributed by atoms with van der Waals surface area (Å²) in [6, 6.07) is 0. The Hall–Kier alpha value is -1.06. The lowest BCUT2D eigenvalue weighted by molar-refractivity contribution is -0.149. The number of carboxylic acids is 1. The molecular weight excluding hydrogens is 136 g/mol. The molecule has 0 fully saturated rings. The average Bonchev–Trinajstić information content (AvgIpc) is 1.87. The maximum absolute atomic E-state index is 10.2. The summed E-state index contributed by atoms with van der Waals surface area (Å²) in [6.07, 6.45) is -0.560. The summed E-state index contributed by atoms with van der Waals surface area (Å²) in [5.74, 6) is -1.61. The smallest absolute Gasteiger partial charge is 0.309 e. The van der Waals surface area contributed by atoms with E-state index in [1.165, 1.54) is 13.8 Å². The number of carboxylic acid groups (broad SMARTS) is 1. The summed E-state index contributed by atoms with van der Waals surface area (Å²) in [4.78, 5) is 19.9. The Balaban J connectivity index is 3.80. The number of carbonyl (C=O) groups is 2. The van der Waals surface area contributed by atoms with Gasteiger partial charge in [0.1, 0.15) is 6.10 Å². The van der Waals surface area contributed by atoms with E-state index in [9.17, 15) is 9.59 Å². The Kier molecular flexibility index (Phi) is 3.46. The van der Waals surface area contributed by atoms with Gasteiger partial charge in [-0.3, -0.25) is 9.59 Å². The van der Waals surface area contributed by atoms with Crippen molar-refractivity contribution in [1.29, 1.82) is 0 Å². The van der Waals surface area contributed by atoms with E-state index in [4.69, 9.17) is 5.11 Å². The molecule has 0 rings (SSSR count). The fraction of sp³-hybridized carbons (Fsp3) is 0.667. The summed E-state index contributed by atoms with van der Waals surface area (Å²) in [7, 11) is 0. The van der Waals surface area contributed by atoms with Crippen LogP contribution in [-0.2, 0) is 14.3 Å². The van der Waals surface area contributed by atoms with Crippen molar-refractivity contribution >= 4 is 12.4 Å². The summed E-state index contributed by atoms with van der Waals surface area (Å²) >= 11 is 0. The van der Waals surface area contributed by atoms with Crippen LogP contribution in [0.25, 0.3) is 0 Å². The fourth-order valence-electron chi connectivity index (χ4n) is 0.406. The van der Waals surface area contributed by atoms with Gasteiger partial charge in [-0.2, -0.15) is 0 Å². The highest BCUT2D eigenvalue weighted by Gasteiger charge is 2.19.